The Morgan fingerprint density at radius 1 is 0.882 bits per heavy atom. The van der Waals surface area contributed by atoms with Crippen LogP contribution >= 0.6 is 23.4 Å². The van der Waals surface area contributed by atoms with Crippen LogP contribution in [0.5, 0.6) is 0 Å². The molecule has 1 amide bonds. The van der Waals surface area contributed by atoms with E-state index < -0.39 is 0 Å². The molecule has 0 N–H and O–H groups in total. The first-order valence-electron chi connectivity index (χ1n) is 11.0. The van der Waals surface area contributed by atoms with Crippen molar-refractivity contribution >= 4 is 35.0 Å². The van der Waals surface area contributed by atoms with Crippen molar-refractivity contribution in [3.05, 3.63) is 101 Å². The Hall–Kier alpha value is -3.42. The van der Waals surface area contributed by atoms with Gasteiger partial charge in [-0.3, -0.25) is 9.36 Å². The van der Waals surface area contributed by atoms with Gasteiger partial charge in [0.25, 0.3) is 5.91 Å². The number of thioether (sulfide) groups is 1. The van der Waals surface area contributed by atoms with Crippen molar-refractivity contribution in [3.63, 3.8) is 0 Å². The van der Waals surface area contributed by atoms with Gasteiger partial charge in [-0.05, 0) is 35.4 Å². The molecule has 0 unspecified atom stereocenters. The van der Waals surface area contributed by atoms with E-state index in [0.29, 0.717) is 23.3 Å². The standard InChI is InChI=1S/C26H22ClN5OS/c27-22-13-11-21(12-14-22)25-28-29-26(31(25)17-19-7-3-1-4-8-19)34-18-24(33)32-16-15-23(30-32)20-9-5-2-6-10-20/h1-14H,15-18H2. The van der Waals surface area contributed by atoms with Crippen molar-refractivity contribution in [2.24, 2.45) is 5.10 Å². The minimum atomic E-state index is -0.0433. The molecule has 0 bridgehead atoms. The Balaban J connectivity index is 1.34. The second-order valence-corrected chi connectivity index (χ2v) is 9.23. The SMILES string of the molecule is O=C(CSc1nnc(-c2ccc(Cl)cc2)n1Cc1ccccc1)N1CCC(c2ccccc2)=N1. The van der Waals surface area contributed by atoms with E-state index in [-0.39, 0.29) is 11.7 Å². The Kier molecular flexibility index (Phi) is 6.74. The molecule has 4 aromatic rings. The van der Waals surface area contributed by atoms with Gasteiger partial charge >= 0.3 is 0 Å². The fourth-order valence-electron chi connectivity index (χ4n) is 3.79. The third-order valence-corrected chi connectivity index (χ3v) is 6.73. The average molecular weight is 488 g/mol. The molecular formula is C26H22ClN5OS. The van der Waals surface area contributed by atoms with E-state index in [2.05, 4.69) is 27.4 Å². The molecular weight excluding hydrogens is 466 g/mol. The van der Waals surface area contributed by atoms with Gasteiger partial charge in [-0.15, -0.1) is 10.2 Å². The largest absolute Gasteiger partial charge is 0.298 e. The number of amides is 1. The van der Waals surface area contributed by atoms with Crippen LogP contribution in [0.25, 0.3) is 11.4 Å². The number of carbonyl (C=O) groups is 1. The number of aromatic nitrogens is 3. The predicted octanol–water partition coefficient (Wildman–Crippen LogP) is 5.38. The van der Waals surface area contributed by atoms with Gasteiger partial charge in [0.05, 0.1) is 24.6 Å². The van der Waals surface area contributed by atoms with Gasteiger partial charge in [-0.2, -0.15) is 5.10 Å². The van der Waals surface area contributed by atoms with Crippen LogP contribution in [0.1, 0.15) is 17.5 Å². The Bertz CT molecular complexity index is 1310. The number of hydrazone groups is 1. The zero-order valence-electron chi connectivity index (χ0n) is 18.3. The van der Waals surface area contributed by atoms with Gasteiger partial charge in [0.15, 0.2) is 11.0 Å². The minimum absolute atomic E-state index is 0.0433. The van der Waals surface area contributed by atoms with Crippen LogP contribution in [0.2, 0.25) is 5.02 Å². The molecule has 0 fully saturated rings. The molecule has 3 aromatic carbocycles. The molecule has 1 aromatic heterocycles. The smallest absolute Gasteiger partial charge is 0.253 e. The molecule has 0 spiro atoms. The number of hydrogen-bond donors (Lipinski definition) is 0. The van der Waals surface area contributed by atoms with E-state index in [4.69, 9.17) is 11.6 Å². The van der Waals surface area contributed by atoms with Crippen LogP contribution in [0.4, 0.5) is 0 Å². The molecule has 0 saturated heterocycles. The maximum absolute atomic E-state index is 12.9. The second kappa shape index (κ2) is 10.2. The van der Waals surface area contributed by atoms with Crippen LogP contribution in [-0.4, -0.2) is 43.7 Å². The summed E-state index contributed by atoms with van der Waals surface area (Å²) >= 11 is 7.45. The topological polar surface area (TPSA) is 63.4 Å². The summed E-state index contributed by atoms with van der Waals surface area (Å²) in [6.45, 7) is 1.19. The van der Waals surface area contributed by atoms with Gasteiger partial charge in [-0.25, -0.2) is 5.01 Å². The van der Waals surface area contributed by atoms with Crippen LogP contribution in [0.3, 0.4) is 0 Å². The minimum Gasteiger partial charge on any atom is -0.298 e. The molecule has 8 heteroatoms. The van der Waals surface area contributed by atoms with E-state index >= 15 is 0 Å². The lowest BCUT2D eigenvalue weighted by atomic mass is 10.1. The molecule has 170 valence electrons. The summed E-state index contributed by atoms with van der Waals surface area (Å²) in [7, 11) is 0. The maximum Gasteiger partial charge on any atom is 0.253 e. The first-order chi connectivity index (χ1) is 16.7. The fraction of sp³-hybridized carbons (Fsp3) is 0.154. The summed E-state index contributed by atoms with van der Waals surface area (Å²) in [5, 5.41) is 16.3. The number of carbonyl (C=O) groups excluding carboxylic acids is 1. The van der Waals surface area contributed by atoms with Gasteiger partial charge in [0, 0.05) is 17.0 Å². The molecule has 2 heterocycles. The summed E-state index contributed by atoms with van der Waals surface area (Å²) in [4.78, 5) is 12.9. The number of hydrogen-bond acceptors (Lipinski definition) is 5. The number of nitrogens with zero attached hydrogens (tertiary/aromatic N) is 5. The number of halogens is 1. The number of rotatable bonds is 7. The van der Waals surface area contributed by atoms with E-state index in [9.17, 15) is 4.79 Å². The Morgan fingerprint density at radius 3 is 2.32 bits per heavy atom. The average Bonchev–Trinajstić information content (AvgIpc) is 3.52. The molecule has 0 saturated carbocycles. The first kappa shape index (κ1) is 22.4. The van der Waals surface area contributed by atoms with E-state index in [0.717, 1.165) is 34.6 Å². The van der Waals surface area contributed by atoms with Gasteiger partial charge < -0.3 is 0 Å². The third kappa shape index (κ3) is 5.05. The van der Waals surface area contributed by atoms with Crippen LogP contribution in [0.15, 0.2) is 95.2 Å². The molecule has 34 heavy (non-hydrogen) atoms. The highest BCUT2D eigenvalue weighted by Gasteiger charge is 2.23. The lowest BCUT2D eigenvalue weighted by Gasteiger charge is -2.13. The van der Waals surface area contributed by atoms with Crippen molar-refractivity contribution in [2.45, 2.75) is 18.1 Å². The summed E-state index contributed by atoms with van der Waals surface area (Å²) in [5.74, 6) is 0.929. The quantitative estimate of drug-likeness (QED) is 0.328. The molecule has 0 atom stereocenters. The molecule has 0 aliphatic carbocycles. The van der Waals surface area contributed by atoms with E-state index in [1.807, 2.05) is 77.4 Å². The predicted molar refractivity (Wildman–Crippen MR) is 136 cm³/mol. The Labute approximate surface area is 207 Å². The van der Waals surface area contributed by atoms with Crippen LogP contribution in [0, 0.1) is 0 Å². The zero-order chi connectivity index (χ0) is 23.3. The van der Waals surface area contributed by atoms with Gasteiger partial charge in [-0.1, -0.05) is 84.0 Å². The van der Waals surface area contributed by atoms with E-state index in [1.165, 1.54) is 11.8 Å². The van der Waals surface area contributed by atoms with Crippen molar-refractivity contribution in [3.8, 4) is 11.4 Å². The summed E-state index contributed by atoms with van der Waals surface area (Å²) < 4.78 is 2.04. The van der Waals surface area contributed by atoms with Gasteiger partial charge in [0.2, 0.25) is 0 Å². The second-order valence-electron chi connectivity index (χ2n) is 7.85. The molecule has 1 aliphatic heterocycles. The monoisotopic (exact) mass is 487 g/mol. The lowest BCUT2D eigenvalue weighted by molar-refractivity contribution is -0.127. The van der Waals surface area contributed by atoms with Crippen molar-refractivity contribution in [1.29, 1.82) is 0 Å². The molecule has 1 aliphatic rings. The lowest BCUT2D eigenvalue weighted by Crippen LogP contribution is -2.25. The normalized spacial score (nSPS) is 13.2. The maximum atomic E-state index is 12.9. The zero-order valence-corrected chi connectivity index (χ0v) is 19.9. The van der Waals surface area contributed by atoms with Gasteiger partial charge in [0.1, 0.15) is 0 Å². The summed E-state index contributed by atoms with van der Waals surface area (Å²) in [6.07, 6.45) is 0.755. The highest BCUT2D eigenvalue weighted by Crippen LogP contribution is 2.27. The van der Waals surface area contributed by atoms with Crippen molar-refractivity contribution in [2.75, 3.05) is 12.3 Å². The third-order valence-electron chi connectivity index (χ3n) is 5.52. The van der Waals surface area contributed by atoms with Crippen LogP contribution < -0.4 is 0 Å². The summed E-state index contributed by atoms with van der Waals surface area (Å²) in [5.41, 5.74) is 4.04. The number of benzene rings is 3. The highest BCUT2D eigenvalue weighted by atomic mass is 35.5. The molecule has 6 nitrogen and oxygen atoms in total. The fourth-order valence-corrected chi connectivity index (χ4v) is 4.72. The Morgan fingerprint density at radius 2 is 1.59 bits per heavy atom. The van der Waals surface area contributed by atoms with Crippen molar-refractivity contribution in [1.82, 2.24) is 19.8 Å². The molecule has 0 radical (unpaired) electrons. The molecule has 5 rings (SSSR count). The highest BCUT2D eigenvalue weighted by molar-refractivity contribution is 7.99. The first-order valence-corrected chi connectivity index (χ1v) is 12.3. The summed E-state index contributed by atoms with van der Waals surface area (Å²) in [6, 6.07) is 27.6. The van der Waals surface area contributed by atoms with Crippen molar-refractivity contribution < 1.29 is 4.79 Å². The van der Waals surface area contributed by atoms with Crippen LogP contribution in [-0.2, 0) is 11.3 Å². The van der Waals surface area contributed by atoms with E-state index in [1.54, 1.807) is 5.01 Å².